The van der Waals surface area contributed by atoms with Crippen LogP contribution < -0.4 is 5.32 Å². The highest BCUT2D eigenvalue weighted by molar-refractivity contribution is 5.88. The molecule has 1 unspecified atom stereocenters. The highest BCUT2D eigenvalue weighted by Gasteiger charge is 2.53. The lowest BCUT2D eigenvalue weighted by atomic mass is 9.60. The fourth-order valence-electron chi connectivity index (χ4n) is 9.32. The number of nitrogens with zero attached hydrogens (tertiary/aromatic N) is 1. The van der Waals surface area contributed by atoms with Crippen LogP contribution in [0.3, 0.4) is 0 Å². The van der Waals surface area contributed by atoms with Crippen molar-refractivity contribution < 1.29 is 49.0 Å². The van der Waals surface area contributed by atoms with Crippen LogP contribution in [0.25, 0.3) is 0 Å². The normalized spacial score (nSPS) is 47.0. The topological polar surface area (TPSA) is 169 Å². The van der Waals surface area contributed by atoms with Gasteiger partial charge in [-0.1, -0.05) is 53.6 Å². The number of cyclic esters (lactones) is 1. The quantitative estimate of drug-likeness (QED) is 0.198. The number of aliphatic hydroxyl groups is 4. The highest BCUT2D eigenvalue weighted by atomic mass is 16.7. The van der Waals surface area contributed by atoms with E-state index in [2.05, 4.69) is 31.2 Å². The zero-order valence-corrected chi connectivity index (χ0v) is 33.1. The van der Waals surface area contributed by atoms with Crippen molar-refractivity contribution in [2.75, 3.05) is 20.2 Å². The van der Waals surface area contributed by atoms with Gasteiger partial charge in [-0.05, 0) is 84.1 Å². The van der Waals surface area contributed by atoms with Gasteiger partial charge in [-0.15, -0.1) is 0 Å². The van der Waals surface area contributed by atoms with E-state index in [0.717, 1.165) is 19.4 Å². The van der Waals surface area contributed by atoms with Crippen LogP contribution in [0, 0.1) is 35.0 Å². The van der Waals surface area contributed by atoms with E-state index in [9.17, 15) is 25.2 Å². The van der Waals surface area contributed by atoms with Crippen LogP contribution in [-0.4, -0.2) is 112 Å². The minimum atomic E-state index is -1.85. The van der Waals surface area contributed by atoms with Gasteiger partial charge in [0, 0.05) is 31.9 Å². The summed E-state index contributed by atoms with van der Waals surface area (Å²) in [6, 6.07) is 0. The molecule has 3 saturated heterocycles. The van der Waals surface area contributed by atoms with Gasteiger partial charge in [0.25, 0.3) is 0 Å². The smallest absolute Gasteiger partial charge is 0.311 e. The van der Waals surface area contributed by atoms with Crippen molar-refractivity contribution in [3.05, 3.63) is 0 Å². The molecule has 3 heterocycles. The molecule has 0 bridgehead atoms. The van der Waals surface area contributed by atoms with Gasteiger partial charge in [0.05, 0.1) is 41.1 Å². The van der Waals surface area contributed by atoms with Gasteiger partial charge in [0.1, 0.15) is 23.9 Å². The van der Waals surface area contributed by atoms with Crippen molar-refractivity contribution >= 4 is 11.7 Å². The van der Waals surface area contributed by atoms with Crippen molar-refractivity contribution in [3.8, 4) is 0 Å². The molecule has 15 atom stereocenters. The van der Waals surface area contributed by atoms with Crippen LogP contribution in [-0.2, 0) is 28.6 Å². The van der Waals surface area contributed by atoms with Gasteiger partial charge in [0.15, 0.2) is 6.29 Å². The molecule has 12 heteroatoms. The number of rotatable bonds is 6. The van der Waals surface area contributed by atoms with Crippen molar-refractivity contribution in [2.45, 2.75) is 175 Å². The predicted molar refractivity (Wildman–Crippen MR) is 191 cm³/mol. The Labute approximate surface area is 301 Å². The Morgan fingerprint density at radius 1 is 1.00 bits per heavy atom. The molecule has 292 valence electrons. The number of carbonyl (C=O) groups excluding carboxylic acids is 1. The fourth-order valence-corrected chi connectivity index (χ4v) is 9.32. The lowest BCUT2D eigenvalue weighted by Crippen LogP contribution is -2.59. The third-order valence-corrected chi connectivity index (χ3v) is 11.9. The molecule has 0 radical (unpaired) electrons. The third-order valence-electron chi connectivity index (χ3n) is 11.9. The zero-order valence-electron chi connectivity index (χ0n) is 33.1. The first-order valence-electron chi connectivity index (χ1n) is 18.8. The number of esters is 1. The average Bonchev–Trinajstić information content (AvgIpc) is 3.02. The number of nitrogens with one attached hydrogen (secondary N) is 1. The summed E-state index contributed by atoms with van der Waals surface area (Å²) in [5.41, 5.74) is -4.07. The molecule has 3 aliphatic rings. The van der Waals surface area contributed by atoms with Crippen LogP contribution >= 0.6 is 0 Å². The van der Waals surface area contributed by atoms with Gasteiger partial charge < -0.3 is 49.5 Å². The van der Waals surface area contributed by atoms with E-state index in [4.69, 9.17) is 23.8 Å². The summed E-state index contributed by atoms with van der Waals surface area (Å²) < 4.78 is 24.7. The summed E-state index contributed by atoms with van der Waals surface area (Å²) >= 11 is 0. The van der Waals surface area contributed by atoms with E-state index >= 15 is 0 Å². The predicted octanol–water partition coefficient (Wildman–Crippen LogP) is 4.19. The number of oxime groups is 1. The molecule has 0 amide bonds. The summed E-state index contributed by atoms with van der Waals surface area (Å²) in [7, 11) is 1.54. The second-order valence-corrected chi connectivity index (χ2v) is 17.4. The number of methoxy groups -OCH3 is 1. The van der Waals surface area contributed by atoms with Gasteiger partial charge in [-0.3, -0.25) is 4.79 Å². The van der Waals surface area contributed by atoms with E-state index < -0.39 is 88.7 Å². The first kappa shape index (κ1) is 43.0. The summed E-state index contributed by atoms with van der Waals surface area (Å²) in [6.07, 6.45) is -3.20. The number of carbonyl (C=O) groups is 1. The highest BCUT2D eigenvalue weighted by Crippen LogP contribution is 2.47. The first-order valence-corrected chi connectivity index (χ1v) is 18.8. The van der Waals surface area contributed by atoms with E-state index in [0.29, 0.717) is 12.3 Å². The van der Waals surface area contributed by atoms with Gasteiger partial charge in [-0.25, -0.2) is 0 Å². The maximum atomic E-state index is 14.1. The maximum Gasteiger partial charge on any atom is 0.311 e. The summed E-state index contributed by atoms with van der Waals surface area (Å²) in [6.45, 7) is 23.9. The van der Waals surface area contributed by atoms with E-state index in [-0.39, 0.29) is 31.3 Å². The molecular weight excluding hydrogens is 644 g/mol. The Morgan fingerprint density at radius 2 is 1.64 bits per heavy atom. The van der Waals surface area contributed by atoms with Crippen molar-refractivity contribution in [1.29, 1.82) is 0 Å². The third kappa shape index (κ3) is 9.58. The van der Waals surface area contributed by atoms with Crippen molar-refractivity contribution in [1.82, 2.24) is 5.32 Å². The number of aliphatic hydroxyl groups excluding tert-OH is 2. The van der Waals surface area contributed by atoms with Gasteiger partial charge in [-0.2, -0.15) is 0 Å². The molecule has 50 heavy (non-hydrogen) atoms. The molecule has 0 saturated carbocycles. The molecule has 0 aromatic carbocycles. The monoisotopic (exact) mass is 715 g/mol. The van der Waals surface area contributed by atoms with E-state index in [1.165, 1.54) is 14.0 Å². The fraction of sp³-hybridized carbons (Fsp3) is 0.947. The summed E-state index contributed by atoms with van der Waals surface area (Å²) in [5.74, 6) is -3.37. The maximum absolute atomic E-state index is 14.1. The lowest BCUT2D eigenvalue weighted by molar-refractivity contribution is -0.299. The Bertz CT molecular complexity index is 1140. The van der Waals surface area contributed by atoms with Crippen LogP contribution in [0.5, 0.6) is 0 Å². The average molecular weight is 715 g/mol. The molecule has 12 nitrogen and oxygen atoms in total. The van der Waals surface area contributed by atoms with Crippen LogP contribution in [0.2, 0.25) is 0 Å². The molecule has 0 aliphatic carbocycles. The Kier molecular flexibility index (Phi) is 14.4. The summed E-state index contributed by atoms with van der Waals surface area (Å²) in [4.78, 5) is 20.2. The van der Waals surface area contributed by atoms with Crippen LogP contribution in [0.1, 0.15) is 115 Å². The van der Waals surface area contributed by atoms with Crippen molar-refractivity contribution in [2.24, 2.45) is 40.2 Å². The minimum Gasteiger partial charge on any atom is -0.459 e. The number of ether oxygens (including phenoxy) is 4. The molecule has 3 rings (SSSR count). The van der Waals surface area contributed by atoms with Crippen LogP contribution in [0.4, 0.5) is 0 Å². The Morgan fingerprint density at radius 3 is 2.18 bits per heavy atom. The second-order valence-electron chi connectivity index (χ2n) is 17.4. The zero-order chi connectivity index (χ0) is 38.0. The molecule has 0 aromatic rings. The van der Waals surface area contributed by atoms with Crippen LogP contribution in [0.15, 0.2) is 5.16 Å². The molecule has 3 fully saturated rings. The molecule has 3 aliphatic heterocycles. The number of hydrogen-bond donors (Lipinski definition) is 5. The number of hydrogen-bond acceptors (Lipinski definition) is 12. The van der Waals surface area contributed by atoms with E-state index in [1.54, 1.807) is 34.6 Å². The first-order chi connectivity index (χ1) is 23.0. The number of piperidine rings is 1. The minimum absolute atomic E-state index is 0.140. The molecular formula is C38H70N2O10. The van der Waals surface area contributed by atoms with Gasteiger partial charge >= 0.3 is 5.97 Å². The van der Waals surface area contributed by atoms with Gasteiger partial charge in [0.2, 0.25) is 0 Å². The molecule has 0 aromatic heterocycles. The summed E-state index contributed by atoms with van der Waals surface area (Å²) in [5, 5.41) is 55.1. The SMILES string of the molecule is CC[C@H]1OC(=O)[C@H](C)[C@@H](O[C@H]2C[C@@](C)(OC)[C@@H](O)[C@H](C)O2)[C@H](C)[C@@H](C(C)(C)C)[C@](C)(O)C[C@@H](C)/C(=N\OC2CCCNC2)[C@H](C)[C@@H](O)[C@]1(C)O. The molecule has 5 N–H and O–H groups in total. The molecule has 0 spiro atoms. The largest absolute Gasteiger partial charge is 0.459 e. The second kappa shape index (κ2) is 16.7. The Balaban J connectivity index is 2.16. The van der Waals surface area contributed by atoms with E-state index in [1.807, 2.05) is 20.8 Å². The standard InChI is InChI=1S/C38H70N2O10/c1-14-27-38(12,45)32(41)22(3)29(40-50-26-16-15-17-39-20-26)21(2)18-36(10,44)31(35(7,8)9)23(4)30(24(5)34(43)48-27)49-28-19-37(11,46-13)33(42)25(6)47-28/h21-28,30-33,39,41-42,44-45H,14-20H2,1-13H3/b40-29+/t21-,22+,23+,24-,25+,26?,27-,28+,30+,31+,32-,33+,36-,37-,38-/m1/s1. The lowest BCUT2D eigenvalue weighted by Gasteiger charge is -2.51. The Hall–Kier alpha value is -1.38. The van der Waals surface area contributed by atoms with Crippen molar-refractivity contribution in [3.63, 3.8) is 0 Å².